The molecule has 2 aromatic rings. The van der Waals surface area contributed by atoms with E-state index in [1.165, 1.54) is 4.88 Å². The summed E-state index contributed by atoms with van der Waals surface area (Å²) in [5.74, 6) is 0. The molecular weight excluding hydrogens is 210 g/mol. The average Bonchev–Trinajstić information content (AvgIpc) is 2.85. The number of nitrogens with one attached hydrogen (secondary N) is 1. The molecule has 5 heteroatoms. The van der Waals surface area contributed by atoms with E-state index >= 15 is 0 Å². The van der Waals surface area contributed by atoms with E-state index in [-0.39, 0.29) is 0 Å². The minimum absolute atomic E-state index is 0.334. The molecule has 0 fully saturated rings. The van der Waals surface area contributed by atoms with Crippen molar-refractivity contribution >= 4 is 11.3 Å². The van der Waals surface area contributed by atoms with Gasteiger partial charge in [0, 0.05) is 17.5 Å². The zero-order chi connectivity index (χ0) is 10.7. The first kappa shape index (κ1) is 10.3. The Morgan fingerprint density at radius 3 is 3.00 bits per heavy atom. The van der Waals surface area contributed by atoms with Crippen LogP contribution in [0.1, 0.15) is 29.2 Å². The van der Waals surface area contributed by atoms with Gasteiger partial charge >= 0.3 is 0 Å². The number of aromatic nitrogens is 2. The van der Waals surface area contributed by atoms with Crippen LogP contribution in [0.15, 0.2) is 22.1 Å². The van der Waals surface area contributed by atoms with Crippen molar-refractivity contribution in [3.8, 4) is 0 Å². The molecule has 0 aliphatic carbocycles. The molecule has 0 aliphatic rings. The van der Waals surface area contributed by atoms with Crippen LogP contribution in [-0.2, 0) is 6.54 Å². The first-order valence-corrected chi connectivity index (χ1v) is 5.70. The third kappa shape index (κ3) is 2.43. The number of hydrogen-bond donors (Lipinski definition) is 1. The summed E-state index contributed by atoms with van der Waals surface area (Å²) in [6, 6.07) is 4.51. The molecule has 80 valence electrons. The Morgan fingerprint density at radius 2 is 2.40 bits per heavy atom. The van der Waals surface area contributed by atoms with Gasteiger partial charge in [0.25, 0.3) is 0 Å². The van der Waals surface area contributed by atoms with Crippen LogP contribution in [0.3, 0.4) is 0 Å². The maximum atomic E-state index is 4.63. The number of rotatable bonds is 4. The smallest absolute Gasteiger partial charge is 0.121 e. The Morgan fingerprint density at radius 1 is 1.53 bits per heavy atom. The fourth-order valence-corrected chi connectivity index (χ4v) is 2.06. The van der Waals surface area contributed by atoms with Gasteiger partial charge in [-0.3, -0.25) is 0 Å². The first-order valence-electron chi connectivity index (χ1n) is 4.82. The second kappa shape index (κ2) is 4.55. The highest BCUT2D eigenvalue weighted by Gasteiger charge is 2.09. The normalized spacial score (nSPS) is 12.9. The highest BCUT2D eigenvalue weighted by molar-refractivity contribution is 7.10. The third-order valence-electron chi connectivity index (χ3n) is 2.29. The van der Waals surface area contributed by atoms with Gasteiger partial charge in [-0.25, -0.2) is 4.63 Å². The lowest BCUT2D eigenvalue weighted by Gasteiger charge is -2.10. The molecule has 2 rings (SSSR count). The van der Waals surface area contributed by atoms with Gasteiger partial charge < -0.3 is 5.32 Å². The molecule has 0 radical (unpaired) electrons. The zero-order valence-corrected chi connectivity index (χ0v) is 9.54. The van der Waals surface area contributed by atoms with Gasteiger partial charge in [-0.15, -0.1) is 11.3 Å². The largest absolute Gasteiger partial charge is 0.304 e. The van der Waals surface area contributed by atoms with E-state index < -0.39 is 0 Å². The minimum Gasteiger partial charge on any atom is -0.304 e. The second-order valence-electron chi connectivity index (χ2n) is 3.41. The number of aryl methyl sites for hydroxylation is 1. The van der Waals surface area contributed by atoms with Gasteiger partial charge in [0.1, 0.15) is 11.4 Å². The van der Waals surface area contributed by atoms with Gasteiger partial charge in [-0.05, 0) is 25.3 Å². The molecule has 0 aromatic carbocycles. The van der Waals surface area contributed by atoms with Gasteiger partial charge in [0.2, 0.25) is 0 Å². The first-order chi connectivity index (χ1) is 7.27. The Kier molecular flexibility index (Phi) is 3.13. The van der Waals surface area contributed by atoms with Crippen LogP contribution < -0.4 is 5.32 Å². The van der Waals surface area contributed by atoms with Crippen molar-refractivity contribution in [3.63, 3.8) is 0 Å². The lowest BCUT2D eigenvalue weighted by atomic mass is 10.2. The van der Waals surface area contributed by atoms with Crippen LogP contribution in [0, 0.1) is 6.92 Å². The Hall–Kier alpha value is -1.20. The summed E-state index contributed by atoms with van der Waals surface area (Å²) in [4.78, 5) is 1.32. The Labute approximate surface area is 92.3 Å². The lowest BCUT2D eigenvalue weighted by molar-refractivity contribution is 0.300. The van der Waals surface area contributed by atoms with E-state index in [2.05, 4.69) is 44.7 Å². The van der Waals surface area contributed by atoms with Crippen LogP contribution in [0.5, 0.6) is 0 Å². The van der Waals surface area contributed by atoms with Crippen LogP contribution in [-0.4, -0.2) is 10.3 Å². The summed E-state index contributed by atoms with van der Waals surface area (Å²) >= 11 is 1.75. The fraction of sp³-hybridized carbons (Fsp3) is 0.400. The molecule has 2 aromatic heterocycles. The summed E-state index contributed by atoms with van der Waals surface area (Å²) in [5.41, 5.74) is 1.72. The van der Waals surface area contributed by atoms with Gasteiger partial charge in [0.15, 0.2) is 0 Å². The minimum atomic E-state index is 0.334. The van der Waals surface area contributed by atoms with Crippen LogP contribution >= 0.6 is 11.3 Å². The summed E-state index contributed by atoms with van der Waals surface area (Å²) in [6.07, 6.45) is 0. The van der Waals surface area contributed by atoms with Crippen LogP contribution in [0.2, 0.25) is 0 Å². The predicted octanol–water partition coefficient (Wildman–Crippen LogP) is 2.29. The van der Waals surface area contributed by atoms with Crippen molar-refractivity contribution in [1.29, 1.82) is 0 Å². The monoisotopic (exact) mass is 223 g/mol. The second-order valence-corrected chi connectivity index (χ2v) is 4.39. The van der Waals surface area contributed by atoms with E-state index in [4.69, 9.17) is 0 Å². The van der Waals surface area contributed by atoms with Gasteiger partial charge in [-0.2, -0.15) is 0 Å². The summed E-state index contributed by atoms with van der Waals surface area (Å²) in [7, 11) is 0. The van der Waals surface area contributed by atoms with E-state index in [0.717, 1.165) is 11.4 Å². The van der Waals surface area contributed by atoms with E-state index in [1.54, 1.807) is 11.3 Å². The van der Waals surface area contributed by atoms with Crippen molar-refractivity contribution in [1.82, 2.24) is 15.6 Å². The Bertz CT molecular complexity index is 410. The average molecular weight is 223 g/mol. The van der Waals surface area contributed by atoms with Crippen molar-refractivity contribution in [2.75, 3.05) is 0 Å². The predicted molar refractivity (Wildman–Crippen MR) is 58.6 cm³/mol. The van der Waals surface area contributed by atoms with E-state index in [0.29, 0.717) is 12.6 Å². The zero-order valence-electron chi connectivity index (χ0n) is 8.73. The fourth-order valence-electron chi connectivity index (χ4n) is 1.30. The maximum Gasteiger partial charge on any atom is 0.121 e. The Balaban J connectivity index is 1.91. The summed E-state index contributed by atoms with van der Waals surface area (Å²) in [6.45, 7) is 4.71. The molecule has 0 saturated heterocycles. The quantitative estimate of drug-likeness (QED) is 0.864. The van der Waals surface area contributed by atoms with Gasteiger partial charge in [0.05, 0.1) is 0 Å². The van der Waals surface area contributed by atoms with Gasteiger partial charge in [-0.1, -0.05) is 16.4 Å². The summed E-state index contributed by atoms with van der Waals surface area (Å²) < 4.78 is 4.63. The van der Waals surface area contributed by atoms with Crippen molar-refractivity contribution in [2.45, 2.75) is 26.4 Å². The molecule has 4 nitrogen and oxygen atoms in total. The van der Waals surface area contributed by atoms with Crippen LogP contribution in [0.4, 0.5) is 0 Å². The molecule has 1 atom stereocenters. The lowest BCUT2D eigenvalue weighted by Crippen LogP contribution is -2.17. The molecule has 0 aliphatic heterocycles. The number of thiophene rings is 1. The highest BCUT2D eigenvalue weighted by atomic mass is 32.1. The van der Waals surface area contributed by atoms with Crippen molar-refractivity contribution < 1.29 is 4.63 Å². The highest BCUT2D eigenvalue weighted by Crippen LogP contribution is 2.18. The maximum absolute atomic E-state index is 4.63. The van der Waals surface area contributed by atoms with E-state index in [1.807, 2.05) is 6.92 Å². The SMILES string of the molecule is Cc1nonc1CN[C@@H](C)c1cccs1. The topological polar surface area (TPSA) is 51.0 Å². The van der Waals surface area contributed by atoms with Crippen LogP contribution in [0.25, 0.3) is 0 Å². The number of nitrogens with zero attached hydrogens (tertiary/aromatic N) is 2. The molecular formula is C10H13N3OS. The molecule has 1 N–H and O–H groups in total. The molecule has 0 amide bonds. The molecule has 2 heterocycles. The molecule has 0 spiro atoms. The number of hydrogen-bond acceptors (Lipinski definition) is 5. The summed E-state index contributed by atoms with van der Waals surface area (Å²) in [5, 5.41) is 13.0. The molecule has 0 unspecified atom stereocenters. The van der Waals surface area contributed by atoms with E-state index in [9.17, 15) is 0 Å². The molecule has 0 bridgehead atoms. The molecule has 0 saturated carbocycles. The van der Waals surface area contributed by atoms with Crippen molar-refractivity contribution in [3.05, 3.63) is 33.8 Å². The van der Waals surface area contributed by atoms with Crippen molar-refractivity contribution in [2.24, 2.45) is 0 Å². The third-order valence-corrected chi connectivity index (χ3v) is 3.35. The molecule has 15 heavy (non-hydrogen) atoms. The standard InChI is InChI=1S/C10H13N3OS/c1-7-9(13-14-12-7)6-11-8(2)10-4-3-5-15-10/h3-5,8,11H,6H2,1-2H3/t8-/m0/s1.